The summed E-state index contributed by atoms with van der Waals surface area (Å²) in [6.45, 7) is 1.10. The molecule has 0 radical (unpaired) electrons. The second kappa shape index (κ2) is 5.65. The van der Waals surface area contributed by atoms with Crippen LogP contribution in [0.5, 0.6) is 0 Å². The smallest absolute Gasteiger partial charge is 0.335 e. The van der Waals surface area contributed by atoms with E-state index in [4.69, 9.17) is 5.11 Å². The lowest BCUT2D eigenvalue weighted by Crippen LogP contribution is -2.30. The Morgan fingerprint density at radius 3 is 2.29 bits per heavy atom. The highest BCUT2D eigenvalue weighted by Crippen LogP contribution is 2.29. The lowest BCUT2D eigenvalue weighted by molar-refractivity contribution is 0.0572. The molecule has 1 aromatic carbocycles. The number of benzene rings is 1. The maximum Gasteiger partial charge on any atom is 0.335 e. The number of halogens is 1. The van der Waals surface area contributed by atoms with Crippen molar-refractivity contribution in [1.29, 1.82) is 0 Å². The van der Waals surface area contributed by atoms with Crippen molar-refractivity contribution in [3.8, 4) is 0 Å². The van der Waals surface area contributed by atoms with Crippen molar-refractivity contribution in [2.24, 2.45) is 0 Å². The van der Waals surface area contributed by atoms with Crippen LogP contribution in [0.2, 0.25) is 0 Å². The van der Waals surface area contributed by atoms with Crippen molar-refractivity contribution in [2.75, 3.05) is 13.1 Å². The third-order valence-electron chi connectivity index (χ3n) is 3.39. The van der Waals surface area contributed by atoms with E-state index in [2.05, 4.69) is 15.9 Å². The molecule has 21 heavy (non-hydrogen) atoms. The van der Waals surface area contributed by atoms with Gasteiger partial charge in [-0.1, -0.05) is 15.9 Å². The van der Waals surface area contributed by atoms with E-state index in [9.17, 15) is 23.4 Å². The number of nitrogens with zero attached hydrogens (tertiary/aromatic N) is 1. The zero-order chi connectivity index (χ0) is 15.9. The molecule has 0 spiro atoms. The Bertz CT molecular complexity index is 679. The van der Waals surface area contributed by atoms with Crippen LogP contribution in [0.15, 0.2) is 21.5 Å². The minimum absolute atomic E-state index is 0.157. The number of carbonyl (C=O) groups is 1. The average molecular weight is 380 g/mol. The summed E-state index contributed by atoms with van der Waals surface area (Å²) in [5, 5.41) is 28.0. The minimum atomic E-state index is -3.99. The van der Waals surface area contributed by atoms with E-state index in [1.54, 1.807) is 6.92 Å². The molecule has 1 saturated heterocycles. The number of carboxylic acids is 1. The van der Waals surface area contributed by atoms with Crippen molar-refractivity contribution >= 4 is 31.9 Å². The topological polar surface area (TPSA) is 115 Å². The molecule has 0 amide bonds. The molecule has 1 fully saturated rings. The zero-order valence-electron chi connectivity index (χ0n) is 11.0. The molecule has 0 unspecified atom stereocenters. The first kappa shape index (κ1) is 16.4. The highest BCUT2D eigenvalue weighted by molar-refractivity contribution is 9.10. The molecule has 7 nitrogen and oxygen atoms in total. The SMILES string of the molecule is Cc1c(Br)cc(C(=O)O)cc1S(=O)(=O)N1C[C@@H](O)[C@@H](O)C1. The van der Waals surface area contributed by atoms with Gasteiger partial charge in [0.05, 0.1) is 22.7 Å². The van der Waals surface area contributed by atoms with Gasteiger partial charge in [0.2, 0.25) is 10.0 Å². The molecule has 1 aromatic rings. The summed E-state index contributed by atoms with van der Waals surface area (Å²) < 4.78 is 26.4. The Kier molecular flexibility index (Phi) is 4.41. The largest absolute Gasteiger partial charge is 0.478 e. The van der Waals surface area contributed by atoms with Crippen LogP contribution in [-0.4, -0.2) is 59.3 Å². The van der Waals surface area contributed by atoms with Crippen LogP contribution in [0, 0.1) is 6.92 Å². The van der Waals surface area contributed by atoms with Crippen LogP contribution in [0.4, 0.5) is 0 Å². The van der Waals surface area contributed by atoms with Crippen molar-refractivity contribution in [1.82, 2.24) is 4.31 Å². The fourth-order valence-corrected chi connectivity index (χ4v) is 4.46. The molecular formula is C12H14BrNO6S. The first-order chi connectivity index (χ1) is 9.64. The summed E-state index contributed by atoms with van der Waals surface area (Å²) in [5.74, 6) is -1.24. The predicted molar refractivity (Wildman–Crippen MR) is 76.6 cm³/mol. The van der Waals surface area contributed by atoms with Gasteiger partial charge in [-0.25, -0.2) is 13.2 Å². The number of hydrogen-bond donors (Lipinski definition) is 3. The highest BCUT2D eigenvalue weighted by Gasteiger charge is 2.38. The number of hydrogen-bond acceptors (Lipinski definition) is 5. The third kappa shape index (κ3) is 2.97. The predicted octanol–water partition coefficient (Wildman–Crippen LogP) is 0.182. The number of aliphatic hydroxyl groups excluding tert-OH is 2. The van der Waals surface area contributed by atoms with Crippen molar-refractivity contribution in [3.05, 3.63) is 27.7 Å². The number of aliphatic hydroxyl groups is 2. The maximum atomic E-state index is 12.6. The Hall–Kier alpha value is -1.00. The van der Waals surface area contributed by atoms with Crippen molar-refractivity contribution in [3.63, 3.8) is 0 Å². The van der Waals surface area contributed by atoms with Gasteiger partial charge in [0, 0.05) is 17.6 Å². The summed E-state index contributed by atoms with van der Waals surface area (Å²) in [6, 6.07) is 2.40. The molecule has 9 heteroatoms. The van der Waals surface area contributed by atoms with Crippen LogP contribution < -0.4 is 0 Å². The first-order valence-electron chi connectivity index (χ1n) is 6.04. The minimum Gasteiger partial charge on any atom is -0.478 e. The Morgan fingerprint density at radius 1 is 1.29 bits per heavy atom. The molecular weight excluding hydrogens is 366 g/mol. The lowest BCUT2D eigenvalue weighted by Gasteiger charge is -2.18. The third-order valence-corrected chi connectivity index (χ3v) is 6.17. The van der Waals surface area contributed by atoms with Gasteiger partial charge in [-0.3, -0.25) is 0 Å². The molecule has 116 valence electrons. The molecule has 2 atom stereocenters. The summed E-state index contributed by atoms with van der Waals surface area (Å²) >= 11 is 3.14. The average Bonchev–Trinajstić information content (AvgIpc) is 2.73. The lowest BCUT2D eigenvalue weighted by atomic mass is 10.1. The van der Waals surface area contributed by atoms with E-state index in [1.807, 2.05) is 0 Å². The summed E-state index contributed by atoms with van der Waals surface area (Å²) in [5.41, 5.74) is 0.210. The molecule has 0 bridgehead atoms. The van der Waals surface area contributed by atoms with Gasteiger partial charge in [-0.2, -0.15) is 4.31 Å². The zero-order valence-corrected chi connectivity index (χ0v) is 13.4. The van der Waals surface area contributed by atoms with Crippen molar-refractivity contribution in [2.45, 2.75) is 24.0 Å². The van der Waals surface area contributed by atoms with Gasteiger partial charge in [0.1, 0.15) is 0 Å². The number of rotatable bonds is 3. The van der Waals surface area contributed by atoms with Crippen LogP contribution in [0.1, 0.15) is 15.9 Å². The Balaban J connectivity index is 2.52. The second-order valence-electron chi connectivity index (χ2n) is 4.84. The number of carboxylic acid groups (broad SMARTS) is 1. The van der Waals surface area contributed by atoms with E-state index in [1.165, 1.54) is 6.07 Å². The van der Waals surface area contributed by atoms with E-state index in [0.29, 0.717) is 10.0 Å². The van der Waals surface area contributed by atoms with E-state index in [0.717, 1.165) is 10.4 Å². The number of aromatic carboxylic acids is 1. The fraction of sp³-hybridized carbons (Fsp3) is 0.417. The summed E-state index contributed by atoms with van der Waals surface area (Å²) in [4.78, 5) is 10.9. The quantitative estimate of drug-likeness (QED) is 0.689. The van der Waals surface area contributed by atoms with E-state index >= 15 is 0 Å². The fourth-order valence-electron chi connectivity index (χ4n) is 2.12. The summed E-state index contributed by atoms with van der Waals surface area (Å²) in [6.07, 6.45) is -2.29. The normalized spacial score (nSPS) is 23.4. The summed E-state index contributed by atoms with van der Waals surface area (Å²) in [7, 11) is -3.99. The van der Waals surface area contributed by atoms with Gasteiger partial charge >= 0.3 is 5.97 Å². The standard InChI is InChI=1S/C12H14BrNO6S/c1-6-8(13)2-7(12(17)18)3-11(6)21(19,20)14-4-9(15)10(16)5-14/h2-3,9-10,15-16H,4-5H2,1H3,(H,17,18)/t9-,10+. The molecule has 1 heterocycles. The van der Waals surface area contributed by atoms with Gasteiger partial charge in [-0.05, 0) is 24.6 Å². The van der Waals surface area contributed by atoms with Crippen LogP contribution in [0.25, 0.3) is 0 Å². The van der Waals surface area contributed by atoms with Crippen LogP contribution in [-0.2, 0) is 10.0 Å². The molecule has 0 saturated carbocycles. The van der Waals surface area contributed by atoms with Crippen molar-refractivity contribution < 1.29 is 28.5 Å². The van der Waals surface area contributed by atoms with Crippen LogP contribution >= 0.6 is 15.9 Å². The van der Waals surface area contributed by atoms with Gasteiger partial charge in [0.15, 0.2) is 0 Å². The molecule has 0 aliphatic carbocycles. The Labute approximate surface area is 130 Å². The van der Waals surface area contributed by atoms with Gasteiger partial charge in [0.25, 0.3) is 0 Å². The molecule has 1 aliphatic rings. The second-order valence-corrected chi connectivity index (χ2v) is 7.60. The first-order valence-corrected chi connectivity index (χ1v) is 8.27. The van der Waals surface area contributed by atoms with E-state index in [-0.39, 0.29) is 23.5 Å². The van der Waals surface area contributed by atoms with Crippen LogP contribution in [0.3, 0.4) is 0 Å². The highest BCUT2D eigenvalue weighted by atomic mass is 79.9. The van der Waals surface area contributed by atoms with Gasteiger partial charge in [-0.15, -0.1) is 0 Å². The molecule has 2 rings (SSSR count). The molecule has 3 N–H and O–H groups in total. The maximum absolute atomic E-state index is 12.6. The monoisotopic (exact) mass is 379 g/mol. The van der Waals surface area contributed by atoms with E-state index < -0.39 is 28.2 Å². The number of β-amino-alcohol motifs (C(OH)–C–C–N with tert-alkyl or cyclic N) is 2. The Morgan fingerprint density at radius 2 is 1.81 bits per heavy atom. The molecule has 0 aromatic heterocycles. The molecule has 1 aliphatic heterocycles. The van der Waals surface area contributed by atoms with Gasteiger partial charge < -0.3 is 15.3 Å². The number of sulfonamides is 1.